The minimum absolute atomic E-state index is 0.225. The number of nitrogens with zero attached hydrogens (tertiary/aromatic N) is 1. The van der Waals surface area contributed by atoms with E-state index in [0.717, 1.165) is 24.0 Å². The lowest BCUT2D eigenvalue weighted by atomic mass is 10.0. The number of amides is 3. The Morgan fingerprint density at radius 1 is 1.14 bits per heavy atom. The second kappa shape index (κ2) is 11.4. The van der Waals surface area contributed by atoms with Gasteiger partial charge in [-0.2, -0.15) is 0 Å². The predicted molar refractivity (Wildman–Crippen MR) is 113 cm³/mol. The zero-order valence-electron chi connectivity index (χ0n) is 18.5. The first kappa shape index (κ1) is 24.5. The standard InChI is InChI=1S/C22H35N3O4/c1-7-9-13-23-20(27)19(17-12-10-11-16(3)14-17)25(8-2)18(26)15-24-21(28)29-22(4,5)6/h10-12,14,19H,7-9,13,15H2,1-6H3,(H,23,27)(H,24,28). The molecule has 1 aromatic carbocycles. The number of benzene rings is 1. The maximum absolute atomic E-state index is 12.9. The van der Waals surface area contributed by atoms with E-state index < -0.39 is 17.7 Å². The molecule has 162 valence electrons. The van der Waals surface area contributed by atoms with Gasteiger partial charge in [0.05, 0.1) is 0 Å². The van der Waals surface area contributed by atoms with Crippen LogP contribution in [0, 0.1) is 6.92 Å². The second-order valence-corrected chi connectivity index (χ2v) is 8.00. The van der Waals surface area contributed by atoms with Gasteiger partial charge in [0.15, 0.2) is 0 Å². The van der Waals surface area contributed by atoms with Crippen molar-refractivity contribution < 1.29 is 19.1 Å². The number of hydrogen-bond donors (Lipinski definition) is 2. The van der Waals surface area contributed by atoms with Crippen molar-refractivity contribution in [1.29, 1.82) is 0 Å². The van der Waals surface area contributed by atoms with Crippen LogP contribution in [0.5, 0.6) is 0 Å². The molecule has 7 nitrogen and oxygen atoms in total. The number of carbonyl (C=O) groups excluding carboxylic acids is 3. The first-order valence-corrected chi connectivity index (χ1v) is 10.2. The molecule has 0 fully saturated rings. The van der Waals surface area contributed by atoms with Crippen molar-refractivity contribution >= 4 is 17.9 Å². The van der Waals surface area contributed by atoms with Gasteiger partial charge >= 0.3 is 6.09 Å². The fraction of sp³-hybridized carbons (Fsp3) is 0.591. The summed E-state index contributed by atoms with van der Waals surface area (Å²) in [6, 6.07) is 6.80. The number of carbonyl (C=O) groups is 3. The molecule has 1 atom stereocenters. The largest absolute Gasteiger partial charge is 0.444 e. The van der Waals surface area contributed by atoms with E-state index in [1.54, 1.807) is 20.8 Å². The van der Waals surface area contributed by atoms with Crippen LogP contribution in [0.15, 0.2) is 24.3 Å². The van der Waals surface area contributed by atoms with Gasteiger partial charge in [-0.25, -0.2) is 4.79 Å². The molecule has 0 saturated heterocycles. The van der Waals surface area contributed by atoms with Crippen molar-refractivity contribution in [3.05, 3.63) is 35.4 Å². The van der Waals surface area contributed by atoms with Crippen LogP contribution in [0.3, 0.4) is 0 Å². The zero-order chi connectivity index (χ0) is 22.0. The summed E-state index contributed by atoms with van der Waals surface area (Å²) < 4.78 is 5.18. The highest BCUT2D eigenvalue weighted by molar-refractivity contribution is 5.90. The average Bonchev–Trinajstić information content (AvgIpc) is 2.62. The molecule has 29 heavy (non-hydrogen) atoms. The Morgan fingerprint density at radius 2 is 1.83 bits per heavy atom. The van der Waals surface area contributed by atoms with Crippen LogP contribution in [0.25, 0.3) is 0 Å². The Balaban J connectivity index is 2.99. The lowest BCUT2D eigenvalue weighted by Crippen LogP contribution is -2.47. The molecule has 1 aromatic rings. The molecular formula is C22H35N3O4. The smallest absolute Gasteiger partial charge is 0.408 e. The molecule has 7 heteroatoms. The average molecular weight is 406 g/mol. The number of aryl methyl sites for hydroxylation is 1. The van der Waals surface area contributed by atoms with Crippen molar-refractivity contribution in [1.82, 2.24) is 15.5 Å². The van der Waals surface area contributed by atoms with Crippen LogP contribution in [0.1, 0.15) is 64.6 Å². The fourth-order valence-corrected chi connectivity index (χ4v) is 2.86. The number of ether oxygens (including phenoxy) is 1. The van der Waals surface area contributed by atoms with Gasteiger partial charge in [0.25, 0.3) is 0 Å². The van der Waals surface area contributed by atoms with Gasteiger partial charge in [-0.3, -0.25) is 9.59 Å². The molecule has 0 bridgehead atoms. The molecular weight excluding hydrogens is 370 g/mol. The third kappa shape index (κ3) is 8.54. The van der Waals surface area contributed by atoms with Gasteiger partial charge in [0, 0.05) is 13.1 Å². The fourth-order valence-electron chi connectivity index (χ4n) is 2.86. The summed E-state index contributed by atoms with van der Waals surface area (Å²) in [5.41, 5.74) is 1.09. The highest BCUT2D eigenvalue weighted by atomic mass is 16.6. The number of nitrogens with one attached hydrogen (secondary N) is 2. The summed E-state index contributed by atoms with van der Waals surface area (Å²) in [5, 5.41) is 5.40. The Morgan fingerprint density at radius 3 is 2.38 bits per heavy atom. The minimum Gasteiger partial charge on any atom is -0.444 e. The molecule has 0 heterocycles. The Labute approximate surface area is 174 Å². The Hall–Kier alpha value is -2.57. The van der Waals surface area contributed by atoms with Gasteiger partial charge in [-0.1, -0.05) is 43.2 Å². The topological polar surface area (TPSA) is 87.7 Å². The van der Waals surface area contributed by atoms with Crippen LogP contribution in [-0.2, 0) is 14.3 Å². The van der Waals surface area contributed by atoms with Crippen LogP contribution in [0.2, 0.25) is 0 Å². The van der Waals surface area contributed by atoms with Gasteiger partial charge in [-0.05, 0) is 46.6 Å². The Bertz CT molecular complexity index is 698. The first-order chi connectivity index (χ1) is 13.6. The molecule has 0 radical (unpaired) electrons. The van der Waals surface area contributed by atoms with Crippen molar-refractivity contribution in [2.75, 3.05) is 19.6 Å². The lowest BCUT2D eigenvalue weighted by molar-refractivity contribution is -0.140. The predicted octanol–water partition coefficient (Wildman–Crippen LogP) is 3.33. The second-order valence-electron chi connectivity index (χ2n) is 8.00. The van der Waals surface area contributed by atoms with Gasteiger partial charge in [0.2, 0.25) is 11.8 Å². The summed E-state index contributed by atoms with van der Waals surface area (Å²) in [7, 11) is 0. The molecule has 0 saturated carbocycles. The molecule has 0 aliphatic carbocycles. The molecule has 0 spiro atoms. The van der Waals surface area contributed by atoms with E-state index >= 15 is 0 Å². The lowest BCUT2D eigenvalue weighted by Gasteiger charge is -2.31. The third-order valence-electron chi connectivity index (χ3n) is 4.19. The SMILES string of the molecule is CCCCNC(=O)C(c1cccc(C)c1)N(CC)C(=O)CNC(=O)OC(C)(C)C. The molecule has 1 rings (SSSR count). The molecule has 3 amide bonds. The monoisotopic (exact) mass is 405 g/mol. The van der Waals surface area contributed by atoms with Crippen LogP contribution in [-0.4, -0.2) is 48.0 Å². The van der Waals surface area contributed by atoms with E-state index in [0.29, 0.717) is 13.1 Å². The van der Waals surface area contributed by atoms with E-state index in [9.17, 15) is 14.4 Å². The molecule has 0 aliphatic rings. The van der Waals surface area contributed by atoms with E-state index in [2.05, 4.69) is 17.6 Å². The van der Waals surface area contributed by atoms with Crippen LogP contribution < -0.4 is 10.6 Å². The highest BCUT2D eigenvalue weighted by Gasteiger charge is 2.30. The van der Waals surface area contributed by atoms with Crippen LogP contribution >= 0.6 is 0 Å². The molecule has 0 aliphatic heterocycles. The van der Waals surface area contributed by atoms with E-state index in [1.807, 2.05) is 38.1 Å². The maximum Gasteiger partial charge on any atom is 0.408 e. The zero-order valence-corrected chi connectivity index (χ0v) is 18.5. The quantitative estimate of drug-likeness (QED) is 0.617. The third-order valence-corrected chi connectivity index (χ3v) is 4.19. The molecule has 0 aromatic heterocycles. The van der Waals surface area contributed by atoms with Gasteiger partial charge < -0.3 is 20.3 Å². The van der Waals surface area contributed by atoms with Crippen molar-refractivity contribution in [3.8, 4) is 0 Å². The molecule has 1 unspecified atom stereocenters. The van der Waals surface area contributed by atoms with Gasteiger partial charge in [-0.15, -0.1) is 0 Å². The van der Waals surface area contributed by atoms with Crippen molar-refractivity contribution in [3.63, 3.8) is 0 Å². The van der Waals surface area contributed by atoms with E-state index in [4.69, 9.17) is 4.74 Å². The number of hydrogen-bond acceptors (Lipinski definition) is 4. The minimum atomic E-state index is -0.760. The summed E-state index contributed by atoms with van der Waals surface area (Å²) in [6.07, 6.45) is 1.17. The summed E-state index contributed by atoms with van der Waals surface area (Å²) in [6.45, 7) is 11.7. The number of unbranched alkanes of at least 4 members (excludes halogenated alkanes) is 1. The number of likely N-dealkylation sites (N-methyl/N-ethyl adjacent to an activating group) is 1. The first-order valence-electron chi connectivity index (χ1n) is 10.2. The normalized spacial score (nSPS) is 12.1. The van der Waals surface area contributed by atoms with E-state index in [-0.39, 0.29) is 18.4 Å². The van der Waals surface area contributed by atoms with Crippen molar-refractivity contribution in [2.24, 2.45) is 0 Å². The highest BCUT2D eigenvalue weighted by Crippen LogP contribution is 2.22. The maximum atomic E-state index is 12.9. The van der Waals surface area contributed by atoms with Gasteiger partial charge in [0.1, 0.15) is 18.2 Å². The van der Waals surface area contributed by atoms with Crippen LogP contribution in [0.4, 0.5) is 4.79 Å². The Kier molecular flexibility index (Phi) is 9.65. The molecule has 2 N–H and O–H groups in total. The number of alkyl carbamates (subject to hydrolysis) is 1. The summed E-state index contributed by atoms with van der Waals surface area (Å²) >= 11 is 0. The number of rotatable bonds is 9. The summed E-state index contributed by atoms with van der Waals surface area (Å²) in [4.78, 5) is 39.2. The van der Waals surface area contributed by atoms with Crippen molar-refractivity contribution in [2.45, 2.75) is 66.0 Å². The summed E-state index contributed by atoms with van der Waals surface area (Å²) in [5.74, 6) is -0.577. The van der Waals surface area contributed by atoms with E-state index in [1.165, 1.54) is 4.90 Å².